The number of amides is 1. The number of alkyl halides is 3. The second kappa shape index (κ2) is 7.23. The average Bonchev–Trinajstić information content (AvgIpc) is 3.15. The zero-order valence-electron chi connectivity index (χ0n) is 17.0. The molecule has 1 amide bonds. The number of anilines is 1. The molecule has 158 valence electrons. The molecule has 0 spiro atoms. The van der Waals surface area contributed by atoms with Gasteiger partial charge < -0.3 is 4.90 Å². The highest BCUT2D eigenvalue weighted by Crippen LogP contribution is 2.36. The Kier molecular flexibility index (Phi) is 4.81. The summed E-state index contributed by atoms with van der Waals surface area (Å²) in [5.41, 5.74) is 2.05. The summed E-state index contributed by atoms with van der Waals surface area (Å²) >= 11 is 0. The number of aryl methyl sites for hydroxylation is 2. The first kappa shape index (κ1) is 20.6. The lowest BCUT2D eigenvalue weighted by Crippen LogP contribution is -2.42. The van der Waals surface area contributed by atoms with E-state index >= 15 is 0 Å². The van der Waals surface area contributed by atoms with E-state index in [1.165, 1.54) is 11.0 Å². The standard InChI is InChI=1S/C22H18F3N5O/c1-12-6-15(7-13(2)28-12)18-10-27-30-14(3)11-29(21(31)20(18)30)17-4-5-19(22(23,24)25)16(8-17)9-26/h4-8,10,14H,11H2,1-3H3/t14-/m0/s1. The molecule has 3 heterocycles. The fourth-order valence-corrected chi connectivity index (χ4v) is 3.93. The van der Waals surface area contributed by atoms with Crippen LogP contribution in [0.15, 0.2) is 36.5 Å². The maximum atomic E-state index is 13.4. The van der Waals surface area contributed by atoms with E-state index in [-0.39, 0.29) is 24.2 Å². The van der Waals surface area contributed by atoms with E-state index in [1.54, 1.807) is 16.9 Å². The van der Waals surface area contributed by atoms with Crippen LogP contribution in [-0.4, -0.2) is 27.2 Å². The first-order chi connectivity index (χ1) is 14.6. The van der Waals surface area contributed by atoms with E-state index in [0.29, 0.717) is 11.3 Å². The maximum absolute atomic E-state index is 13.4. The Labute approximate surface area is 176 Å². The highest BCUT2D eigenvalue weighted by Gasteiger charge is 2.36. The minimum absolute atomic E-state index is 0.210. The number of carbonyl (C=O) groups is 1. The molecule has 0 bridgehead atoms. The van der Waals surface area contributed by atoms with Crippen molar-refractivity contribution in [2.75, 3.05) is 11.4 Å². The van der Waals surface area contributed by atoms with E-state index in [2.05, 4.69) is 10.1 Å². The van der Waals surface area contributed by atoms with Crippen LogP contribution in [0.1, 0.15) is 46.0 Å². The van der Waals surface area contributed by atoms with Crippen molar-refractivity contribution in [1.82, 2.24) is 14.8 Å². The number of nitrogens with zero attached hydrogens (tertiary/aromatic N) is 5. The van der Waals surface area contributed by atoms with Gasteiger partial charge in [-0.2, -0.15) is 23.5 Å². The van der Waals surface area contributed by atoms with E-state index < -0.39 is 17.3 Å². The highest BCUT2D eigenvalue weighted by atomic mass is 19.4. The van der Waals surface area contributed by atoms with Gasteiger partial charge in [0.2, 0.25) is 0 Å². The maximum Gasteiger partial charge on any atom is 0.417 e. The van der Waals surface area contributed by atoms with Gasteiger partial charge in [0, 0.05) is 29.2 Å². The van der Waals surface area contributed by atoms with E-state index in [0.717, 1.165) is 29.1 Å². The molecule has 0 radical (unpaired) electrons. The molecule has 9 heteroatoms. The molecule has 0 aliphatic carbocycles. The Morgan fingerprint density at radius 3 is 2.45 bits per heavy atom. The topological polar surface area (TPSA) is 74.8 Å². The number of halogens is 3. The average molecular weight is 425 g/mol. The van der Waals surface area contributed by atoms with Gasteiger partial charge in [0.25, 0.3) is 5.91 Å². The summed E-state index contributed by atoms with van der Waals surface area (Å²) in [6.45, 7) is 5.80. The zero-order chi connectivity index (χ0) is 22.5. The molecular formula is C22H18F3N5O. The number of hydrogen-bond donors (Lipinski definition) is 0. The Hall–Kier alpha value is -3.67. The van der Waals surface area contributed by atoms with Gasteiger partial charge >= 0.3 is 6.18 Å². The van der Waals surface area contributed by atoms with Crippen LogP contribution in [0.3, 0.4) is 0 Å². The molecule has 31 heavy (non-hydrogen) atoms. The minimum atomic E-state index is -4.65. The minimum Gasteiger partial charge on any atom is -0.305 e. The van der Waals surface area contributed by atoms with Gasteiger partial charge in [0.05, 0.1) is 29.4 Å². The van der Waals surface area contributed by atoms with Crippen LogP contribution in [0.25, 0.3) is 11.1 Å². The van der Waals surface area contributed by atoms with Crippen LogP contribution in [-0.2, 0) is 6.18 Å². The fourth-order valence-electron chi connectivity index (χ4n) is 3.93. The lowest BCUT2D eigenvalue weighted by atomic mass is 10.0. The number of pyridine rings is 1. The van der Waals surface area contributed by atoms with Crippen molar-refractivity contribution in [2.45, 2.75) is 33.0 Å². The SMILES string of the molecule is Cc1cc(-c2cnn3c2C(=O)N(c2ccc(C(F)(F)F)c(C#N)c2)C[C@@H]3C)cc(C)n1. The van der Waals surface area contributed by atoms with Gasteiger partial charge in [-0.3, -0.25) is 14.5 Å². The number of carbonyl (C=O) groups excluding carboxylic acids is 1. The summed E-state index contributed by atoms with van der Waals surface area (Å²) in [7, 11) is 0. The quantitative estimate of drug-likeness (QED) is 0.598. The lowest BCUT2D eigenvalue weighted by molar-refractivity contribution is -0.137. The molecule has 6 nitrogen and oxygen atoms in total. The second-order valence-electron chi connectivity index (χ2n) is 7.59. The number of aromatic nitrogens is 3. The molecule has 0 unspecified atom stereocenters. The van der Waals surface area contributed by atoms with Gasteiger partial charge in [0.15, 0.2) is 0 Å². The summed E-state index contributed by atoms with van der Waals surface area (Å²) in [6, 6.07) is 8.26. The number of benzene rings is 1. The molecule has 0 N–H and O–H groups in total. The molecule has 2 aromatic heterocycles. The molecule has 1 atom stereocenters. The van der Waals surface area contributed by atoms with Gasteiger partial charge in [-0.05, 0) is 56.7 Å². The largest absolute Gasteiger partial charge is 0.417 e. The van der Waals surface area contributed by atoms with Crippen LogP contribution < -0.4 is 4.90 Å². The van der Waals surface area contributed by atoms with Crippen molar-refractivity contribution in [3.8, 4) is 17.2 Å². The van der Waals surface area contributed by atoms with Crippen molar-refractivity contribution < 1.29 is 18.0 Å². The monoisotopic (exact) mass is 425 g/mol. The molecule has 0 saturated carbocycles. The van der Waals surface area contributed by atoms with Crippen LogP contribution in [0, 0.1) is 25.2 Å². The number of fused-ring (bicyclic) bond motifs is 1. The van der Waals surface area contributed by atoms with Gasteiger partial charge in [-0.15, -0.1) is 0 Å². The number of nitriles is 1. The predicted octanol–water partition coefficient (Wildman–Crippen LogP) is 4.67. The fraction of sp³-hybridized carbons (Fsp3) is 0.273. The molecule has 4 rings (SSSR count). The molecular weight excluding hydrogens is 407 g/mol. The summed E-state index contributed by atoms with van der Waals surface area (Å²) in [5, 5.41) is 13.6. The van der Waals surface area contributed by atoms with E-state index in [9.17, 15) is 23.2 Å². The Bertz CT molecular complexity index is 1220. The Balaban J connectivity index is 1.81. The highest BCUT2D eigenvalue weighted by molar-refractivity contribution is 6.09. The van der Waals surface area contributed by atoms with Crippen LogP contribution in [0.5, 0.6) is 0 Å². The molecule has 1 aliphatic heterocycles. The summed E-state index contributed by atoms with van der Waals surface area (Å²) in [6.07, 6.45) is -3.03. The lowest BCUT2D eigenvalue weighted by Gasteiger charge is -2.32. The van der Waals surface area contributed by atoms with Gasteiger partial charge in [-0.1, -0.05) is 0 Å². The number of rotatable bonds is 2. The molecule has 1 aromatic carbocycles. The summed E-state index contributed by atoms with van der Waals surface area (Å²) < 4.78 is 41.1. The molecule has 3 aromatic rings. The van der Waals surface area contributed by atoms with Crippen LogP contribution in [0.4, 0.5) is 18.9 Å². The summed E-state index contributed by atoms with van der Waals surface area (Å²) in [5.74, 6) is -0.388. The zero-order valence-corrected chi connectivity index (χ0v) is 17.0. The normalized spacial score (nSPS) is 16.2. The van der Waals surface area contributed by atoms with Crippen molar-refractivity contribution in [3.63, 3.8) is 0 Å². The van der Waals surface area contributed by atoms with Crippen molar-refractivity contribution in [2.24, 2.45) is 0 Å². The third-order valence-corrected chi connectivity index (χ3v) is 5.24. The van der Waals surface area contributed by atoms with Crippen molar-refractivity contribution in [3.05, 3.63) is 64.7 Å². The van der Waals surface area contributed by atoms with E-state index in [1.807, 2.05) is 32.9 Å². The van der Waals surface area contributed by atoms with Gasteiger partial charge in [0.1, 0.15) is 5.69 Å². The van der Waals surface area contributed by atoms with Crippen LogP contribution in [0.2, 0.25) is 0 Å². The number of hydrogen-bond acceptors (Lipinski definition) is 4. The summed E-state index contributed by atoms with van der Waals surface area (Å²) in [4.78, 5) is 19.2. The van der Waals surface area contributed by atoms with Crippen LogP contribution >= 0.6 is 0 Å². The Morgan fingerprint density at radius 2 is 1.84 bits per heavy atom. The third kappa shape index (κ3) is 3.54. The van der Waals surface area contributed by atoms with Crippen molar-refractivity contribution in [1.29, 1.82) is 5.26 Å². The van der Waals surface area contributed by atoms with E-state index in [4.69, 9.17) is 0 Å². The van der Waals surface area contributed by atoms with Gasteiger partial charge in [-0.25, -0.2) is 0 Å². The first-order valence-electron chi connectivity index (χ1n) is 9.56. The first-order valence-corrected chi connectivity index (χ1v) is 9.56. The molecule has 0 saturated heterocycles. The smallest absolute Gasteiger partial charge is 0.305 e. The predicted molar refractivity (Wildman–Crippen MR) is 107 cm³/mol. The Morgan fingerprint density at radius 1 is 1.16 bits per heavy atom. The third-order valence-electron chi connectivity index (χ3n) is 5.24. The molecule has 0 fully saturated rings. The van der Waals surface area contributed by atoms with Crippen molar-refractivity contribution >= 4 is 11.6 Å². The second-order valence-corrected chi connectivity index (χ2v) is 7.59. The molecule has 1 aliphatic rings.